The molecule has 0 saturated carbocycles. The molecule has 12 aromatic rings. The number of aromatic nitrogens is 3. The van der Waals surface area contributed by atoms with Crippen LogP contribution in [-0.2, 0) is 0 Å². The lowest BCUT2D eigenvalue weighted by Crippen LogP contribution is -1.92. The number of fused-ring (bicyclic) bond motifs is 9. The first-order valence-corrected chi connectivity index (χ1v) is 20.8. The highest BCUT2D eigenvalue weighted by atomic mass is 15.0. The molecular weight excluding hydrogens is 739 g/mol. The average molecular weight is 776 g/mol. The second kappa shape index (κ2) is 14.3. The molecule has 0 fully saturated rings. The molecule has 0 bridgehead atoms. The van der Waals surface area contributed by atoms with E-state index in [4.69, 9.17) is 9.97 Å². The molecule has 0 aliphatic heterocycles. The van der Waals surface area contributed by atoms with Gasteiger partial charge < -0.3 is 4.57 Å². The van der Waals surface area contributed by atoms with Gasteiger partial charge in [0.25, 0.3) is 0 Å². The van der Waals surface area contributed by atoms with Gasteiger partial charge in [-0.05, 0) is 97.7 Å². The summed E-state index contributed by atoms with van der Waals surface area (Å²) < 4.78 is 2.36. The van der Waals surface area contributed by atoms with Crippen molar-refractivity contribution in [2.24, 2.45) is 0 Å². The zero-order valence-electron chi connectivity index (χ0n) is 33.2. The van der Waals surface area contributed by atoms with Gasteiger partial charge >= 0.3 is 0 Å². The molecule has 0 atom stereocenters. The number of para-hydroxylation sites is 2. The molecule has 0 saturated heterocycles. The molecule has 0 radical (unpaired) electrons. The molecule has 0 spiro atoms. The lowest BCUT2D eigenvalue weighted by molar-refractivity contribution is 1.18. The molecule has 12 rings (SSSR count). The molecule has 0 unspecified atom stereocenters. The van der Waals surface area contributed by atoms with Gasteiger partial charge in [0, 0.05) is 32.8 Å². The van der Waals surface area contributed by atoms with Crippen LogP contribution in [0.15, 0.2) is 225 Å². The third-order valence-corrected chi connectivity index (χ3v) is 12.2. The minimum absolute atomic E-state index is 0.868. The Kier molecular flexibility index (Phi) is 8.17. The number of hydrogen-bond donors (Lipinski definition) is 0. The van der Waals surface area contributed by atoms with E-state index in [0.29, 0.717) is 0 Å². The first-order valence-electron chi connectivity index (χ1n) is 20.8. The van der Waals surface area contributed by atoms with Gasteiger partial charge in [-0.25, -0.2) is 4.98 Å². The van der Waals surface area contributed by atoms with Crippen LogP contribution in [0.5, 0.6) is 0 Å². The van der Waals surface area contributed by atoms with Crippen molar-refractivity contribution in [1.82, 2.24) is 14.5 Å². The van der Waals surface area contributed by atoms with E-state index in [0.717, 1.165) is 38.6 Å². The minimum atomic E-state index is 0.868. The van der Waals surface area contributed by atoms with E-state index >= 15 is 0 Å². The minimum Gasteiger partial charge on any atom is -0.309 e. The Morgan fingerprint density at radius 2 is 0.721 bits per heavy atom. The third-order valence-electron chi connectivity index (χ3n) is 12.2. The van der Waals surface area contributed by atoms with Crippen molar-refractivity contribution in [3.05, 3.63) is 225 Å². The molecule has 2 heterocycles. The van der Waals surface area contributed by atoms with Crippen LogP contribution in [0.1, 0.15) is 0 Å². The van der Waals surface area contributed by atoms with Gasteiger partial charge in [-0.1, -0.05) is 176 Å². The van der Waals surface area contributed by atoms with Gasteiger partial charge in [0.05, 0.1) is 34.0 Å². The van der Waals surface area contributed by atoms with Crippen molar-refractivity contribution in [2.45, 2.75) is 0 Å². The predicted octanol–water partition coefficient (Wildman–Crippen LogP) is 15.4. The van der Waals surface area contributed by atoms with Crippen molar-refractivity contribution in [2.75, 3.05) is 0 Å². The Balaban J connectivity index is 0.815. The summed E-state index contributed by atoms with van der Waals surface area (Å²) in [5, 5.41) is 7.17. The quantitative estimate of drug-likeness (QED) is 0.158. The lowest BCUT2D eigenvalue weighted by atomic mass is 9.95. The average Bonchev–Trinajstić information content (AvgIpc) is 3.68. The van der Waals surface area contributed by atoms with E-state index in [1.807, 2.05) is 6.20 Å². The second-order valence-electron chi connectivity index (χ2n) is 15.8. The molecule has 0 N–H and O–H groups in total. The summed E-state index contributed by atoms with van der Waals surface area (Å²) in [6.07, 6.45) is 1.91. The monoisotopic (exact) mass is 775 g/mol. The highest BCUT2D eigenvalue weighted by molar-refractivity contribution is 6.23. The van der Waals surface area contributed by atoms with Crippen molar-refractivity contribution in [3.63, 3.8) is 0 Å². The topological polar surface area (TPSA) is 30.7 Å². The van der Waals surface area contributed by atoms with Gasteiger partial charge in [0.15, 0.2) is 0 Å². The maximum absolute atomic E-state index is 5.20. The smallest absolute Gasteiger partial charge is 0.0979 e. The number of nitrogens with zero attached hydrogens (tertiary/aromatic N) is 3. The standard InChI is InChI=1S/C58H37N3/c1-2-16-47(17-3-1)61-55-23-9-8-20-50(55)53-36-46(32-33-56(53)61)45-15-11-14-44(35-45)39-26-24-38(25-27-39)42-12-10-13-43(34-42)40-28-30-41(31-29-40)54-37-59-57-51-21-6-4-18-48(51)49-19-5-7-22-52(49)58(57)60-54/h1-37H. The van der Waals surface area contributed by atoms with Crippen LogP contribution >= 0.6 is 0 Å². The Labute approximate surface area is 353 Å². The molecule has 3 heteroatoms. The fourth-order valence-corrected chi connectivity index (χ4v) is 9.21. The second-order valence-corrected chi connectivity index (χ2v) is 15.8. The van der Waals surface area contributed by atoms with E-state index in [9.17, 15) is 0 Å². The van der Waals surface area contributed by atoms with Gasteiger partial charge in [-0.15, -0.1) is 0 Å². The Hall–Kier alpha value is -8.14. The van der Waals surface area contributed by atoms with E-state index in [1.54, 1.807) is 0 Å². The highest BCUT2D eigenvalue weighted by Gasteiger charge is 2.15. The fourth-order valence-electron chi connectivity index (χ4n) is 9.21. The van der Waals surface area contributed by atoms with Gasteiger partial charge in [0.1, 0.15) is 0 Å². The molecule has 0 amide bonds. The van der Waals surface area contributed by atoms with Crippen LogP contribution < -0.4 is 0 Å². The van der Waals surface area contributed by atoms with Crippen LogP contribution in [0, 0.1) is 0 Å². The molecule has 3 nitrogen and oxygen atoms in total. The third kappa shape index (κ3) is 5.98. The van der Waals surface area contributed by atoms with Crippen LogP contribution in [0.2, 0.25) is 0 Å². The molecule has 0 aliphatic rings. The summed E-state index contributed by atoms with van der Waals surface area (Å²) in [6, 6.07) is 78.5. The lowest BCUT2D eigenvalue weighted by Gasteiger charge is -2.11. The summed E-state index contributed by atoms with van der Waals surface area (Å²) in [5.41, 5.74) is 16.9. The summed E-state index contributed by atoms with van der Waals surface area (Å²) >= 11 is 0. The summed E-state index contributed by atoms with van der Waals surface area (Å²) in [7, 11) is 0. The van der Waals surface area contributed by atoms with Crippen LogP contribution in [-0.4, -0.2) is 14.5 Å². The molecule has 0 aliphatic carbocycles. The molecule has 61 heavy (non-hydrogen) atoms. The normalized spacial score (nSPS) is 11.6. The van der Waals surface area contributed by atoms with Crippen molar-refractivity contribution < 1.29 is 0 Å². The Morgan fingerprint density at radius 1 is 0.279 bits per heavy atom. The van der Waals surface area contributed by atoms with Crippen molar-refractivity contribution >= 4 is 54.4 Å². The number of hydrogen-bond acceptors (Lipinski definition) is 2. The van der Waals surface area contributed by atoms with E-state index in [2.05, 4.69) is 223 Å². The fraction of sp³-hybridized carbons (Fsp3) is 0. The SMILES string of the molecule is c1ccc(-n2c3ccccc3c3cc(-c4cccc(-c5ccc(-c6cccc(-c7ccc(-c8cnc9c%10ccccc%10c%10ccccc%10c9n8)cc7)c6)cc5)c4)ccc32)cc1. The first kappa shape index (κ1) is 34.9. The summed E-state index contributed by atoms with van der Waals surface area (Å²) in [6.45, 7) is 0. The zero-order chi connectivity index (χ0) is 40.3. The molecule has 284 valence electrons. The van der Waals surface area contributed by atoms with Crippen molar-refractivity contribution in [3.8, 4) is 61.5 Å². The molecule has 10 aromatic carbocycles. The first-order chi connectivity index (χ1) is 30.2. The van der Waals surface area contributed by atoms with Gasteiger partial charge in [0.2, 0.25) is 0 Å². The van der Waals surface area contributed by atoms with E-state index < -0.39 is 0 Å². The Morgan fingerprint density at radius 3 is 1.33 bits per heavy atom. The highest BCUT2D eigenvalue weighted by Crippen LogP contribution is 2.38. The van der Waals surface area contributed by atoms with Gasteiger partial charge in [-0.2, -0.15) is 0 Å². The summed E-state index contributed by atoms with van der Waals surface area (Å²) in [5.74, 6) is 0. The van der Waals surface area contributed by atoms with Crippen LogP contribution in [0.25, 0.3) is 116 Å². The molecule has 2 aromatic heterocycles. The van der Waals surface area contributed by atoms with E-state index in [1.165, 1.54) is 77.2 Å². The summed E-state index contributed by atoms with van der Waals surface area (Å²) in [4.78, 5) is 10.2. The number of benzene rings is 10. The number of rotatable bonds is 6. The maximum Gasteiger partial charge on any atom is 0.0979 e. The zero-order valence-corrected chi connectivity index (χ0v) is 33.2. The molecular formula is C58H37N3. The van der Waals surface area contributed by atoms with Crippen molar-refractivity contribution in [1.29, 1.82) is 0 Å². The largest absolute Gasteiger partial charge is 0.309 e. The van der Waals surface area contributed by atoms with Crippen LogP contribution in [0.4, 0.5) is 0 Å². The van der Waals surface area contributed by atoms with Gasteiger partial charge in [-0.3, -0.25) is 4.98 Å². The Bertz CT molecular complexity index is 3590. The van der Waals surface area contributed by atoms with Crippen LogP contribution in [0.3, 0.4) is 0 Å². The maximum atomic E-state index is 5.20. The predicted molar refractivity (Wildman–Crippen MR) is 256 cm³/mol. The van der Waals surface area contributed by atoms with E-state index in [-0.39, 0.29) is 0 Å².